The molecule has 2 heterocycles. The van der Waals surface area contributed by atoms with Crippen LogP contribution in [0.1, 0.15) is 12.7 Å². The van der Waals surface area contributed by atoms with Crippen molar-refractivity contribution in [3.05, 3.63) is 70.1 Å². The lowest BCUT2D eigenvalue weighted by Crippen LogP contribution is -2.28. The predicted octanol–water partition coefficient (Wildman–Crippen LogP) is 2.68. The number of nitrogens with one attached hydrogen (secondary N) is 2. The van der Waals surface area contributed by atoms with Gasteiger partial charge < -0.3 is 0 Å². The van der Waals surface area contributed by atoms with Crippen molar-refractivity contribution in [3.63, 3.8) is 0 Å². The van der Waals surface area contributed by atoms with Crippen molar-refractivity contribution in [1.82, 2.24) is 19.5 Å². The molecule has 0 radical (unpaired) electrons. The fraction of sp³-hybridized carbons (Fsp3) is 0.125. The first-order valence-electron chi connectivity index (χ1n) is 7.35. The Labute approximate surface area is 143 Å². The molecular formula is C16H15ClN6O. The van der Waals surface area contributed by atoms with Crippen LogP contribution in [-0.4, -0.2) is 19.5 Å². The molecule has 3 rings (SSSR count). The number of aromatic nitrogens is 4. The van der Waals surface area contributed by atoms with E-state index in [4.69, 9.17) is 11.6 Å². The average Bonchev–Trinajstić information content (AvgIpc) is 2.60. The standard InChI is InChI=1S/C16H15ClN6O/c1-2-14-19-15(22-21-12-6-8-18-9-7-12)20-16(24)23(14)13-5-3-4-11(17)10-13/h3-10H,2H2,1H3,(H,18,21)(H,20,22,24). The molecule has 0 atom stereocenters. The number of rotatable bonds is 5. The third-order valence-corrected chi connectivity index (χ3v) is 3.50. The maximum Gasteiger partial charge on any atom is 0.356 e. The molecule has 7 nitrogen and oxygen atoms in total. The molecule has 0 saturated heterocycles. The maximum atomic E-state index is 12.4. The zero-order valence-corrected chi connectivity index (χ0v) is 13.7. The molecule has 0 unspecified atom stereocenters. The Bertz CT molecular complexity index is 897. The zero-order chi connectivity index (χ0) is 16.9. The van der Waals surface area contributed by atoms with Gasteiger partial charge in [-0.2, -0.15) is 9.97 Å². The van der Waals surface area contributed by atoms with Gasteiger partial charge in [-0.3, -0.25) is 15.8 Å². The van der Waals surface area contributed by atoms with E-state index in [1.807, 2.05) is 6.92 Å². The van der Waals surface area contributed by atoms with Gasteiger partial charge in [0, 0.05) is 23.8 Å². The summed E-state index contributed by atoms with van der Waals surface area (Å²) in [5, 5.41) is 0.544. The highest BCUT2D eigenvalue weighted by molar-refractivity contribution is 6.30. The SMILES string of the molecule is CCc1nc(NNc2ccncc2)nc(=O)n1-c1cccc(Cl)c1. The largest absolute Gasteiger partial charge is 0.356 e. The van der Waals surface area contributed by atoms with Gasteiger partial charge in [-0.05, 0) is 30.3 Å². The van der Waals surface area contributed by atoms with E-state index in [1.54, 1.807) is 48.8 Å². The Kier molecular flexibility index (Phi) is 4.72. The molecule has 8 heteroatoms. The summed E-state index contributed by atoms with van der Waals surface area (Å²) >= 11 is 6.01. The number of halogens is 1. The molecule has 0 bridgehead atoms. The van der Waals surface area contributed by atoms with E-state index in [0.29, 0.717) is 23.0 Å². The fourth-order valence-corrected chi connectivity index (χ4v) is 2.36. The first-order valence-corrected chi connectivity index (χ1v) is 7.73. The number of pyridine rings is 1. The van der Waals surface area contributed by atoms with Gasteiger partial charge in [0.15, 0.2) is 0 Å². The molecule has 122 valence electrons. The van der Waals surface area contributed by atoms with E-state index in [2.05, 4.69) is 25.8 Å². The third kappa shape index (κ3) is 3.52. The lowest BCUT2D eigenvalue weighted by Gasteiger charge is -2.13. The van der Waals surface area contributed by atoms with Crippen LogP contribution < -0.4 is 16.5 Å². The first-order chi connectivity index (χ1) is 11.7. The minimum absolute atomic E-state index is 0.201. The highest BCUT2D eigenvalue weighted by Crippen LogP contribution is 2.15. The van der Waals surface area contributed by atoms with Crippen molar-refractivity contribution < 1.29 is 0 Å². The molecule has 0 spiro atoms. The molecule has 2 N–H and O–H groups in total. The Morgan fingerprint density at radius 3 is 2.62 bits per heavy atom. The molecule has 2 aromatic heterocycles. The summed E-state index contributed by atoms with van der Waals surface area (Å²) in [5.74, 6) is 0.781. The topological polar surface area (TPSA) is 84.7 Å². The molecular weight excluding hydrogens is 328 g/mol. The van der Waals surface area contributed by atoms with Crippen molar-refractivity contribution in [2.24, 2.45) is 0 Å². The molecule has 0 amide bonds. The molecule has 0 saturated carbocycles. The van der Waals surface area contributed by atoms with Gasteiger partial charge in [0.2, 0.25) is 5.95 Å². The van der Waals surface area contributed by atoms with Crippen LogP contribution in [0.15, 0.2) is 53.6 Å². The number of hydrazine groups is 1. The van der Waals surface area contributed by atoms with Crippen LogP contribution in [0.4, 0.5) is 11.6 Å². The summed E-state index contributed by atoms with van der Waals surface area (Å²) in [5.41, 5.74) is 6.74. The zero-order valence-electron chi connectivity index (χ0n) is 12.9. The molecule has 1 aromatic carbocycles. The Morgan fingerprint density at radius 1 is 1.12 bits per heavy atom. The van der Waals surface area contributed by atoms with E-state index in [-0.39, 0.29) is 5.95 Å². The maximum absolute atomic E-state index is 12.4. The van der Waals surface area contributed by atoms with Gasteiger partial charge in [0.05, 0.1) is 11.4 Å². The highest BCUT2D eigenvalue weighted by atomic mass is 35.5. The number of benzene rings is 1. The first kappa shape index (κ1) is 15.9. The van der Waals surface area contributed by atoms with Gasteiger partial charge in [-0.25, -0.2) is 9.36 Å². The highest BCUT2D eigenvalue weighted by Gasteiger charge is 2.11. The minimum Gasteiger partial charge on any atom is -0.298 e. The minimum atomic E-state index is -0.428. The van der Waals surface area contributed by atoms with Crippen LogP contribution in [0.3, 0.4) is 0 Å². The second-order valence-corrected chi connectivity index (χ2v) is 5.34. The van der Waals surface area contributed by atoms with E-state index in [0.717, 1.165) is 5.69 Å². The van der Waals surface area contributed by atoms with Crippen LogP contribution in [0, 0.1) is 0 Å². The number of nitrogens with zero attached hydrogens (tertiary/aromatic N) is 4. The number of aryl methyl sites for hydroxylation is 1. The summed E-state index contributed by atoms with van der Waals surface area (Å²) in [6, 6.07) is 10.6. The quantitative estimate of drug-likeness (QED) is 0.693. The van der Waals surface area contributed by atoms with E-state index >= 15 is 0 Å². The molecule has 0 aliphatic rings. The lowest BCUT2D eigenvalue weighted by molar-refractivity contribution is 0.772. The predicted molar refractivity (Wildman–Crippen MR) is 93.5 cm³/mol. The van der Waals surface area contributed by atoms with Gasteiger partial charge in [0.25, 0.3) is 0 Å². The lowest BCUT2D eigenvalue weighted by atomic mass is 10.3. The van der Waals surface area contributed by atoms with Crippen molar-refractivity contribution in [2.75, 3.05) is 10.9 Å². The van der Waals surface area contributed by atoms with Crippen molar-refractivity contribution in [1.29, 1.82) is 0 Å². The summed E-state index contributed by atoms with van der Waals surface area (Å²) in [6.07, 6.45) is 3.87. The van der Waals surface area contributed by atoms with Crippen LogP contribution in [0.5, 0.6) is 0 Å². The van der Waals surface area contributed by atoms with Crippen molar-refractivity contribution >= 4 is 23.2 Å². The summed E-state index contributed by atoms with van der Waals surface area (Å²) < 4.78 is 1.45. The molecule has 0 aliphatic heterocycles. The molecule has 0 fully saturated rings. The smallest absolute Gasteiger partial charge is 0.298 e. The number of hydrogen-bond acceptors (Lipinski definition) is 6. The van der Waals surface area contributed by atoms with E-state index < -0.39 is 5.69 Å². The van der Waals surface area contributed by atoms with Gasteiger partial charge in [-0.1, -0.05) is 24.6 Å². The second-order valence-electron chi connectivity index (χ2n) is 4.90. The Balaban J connectivity index is 1.92. The molecule has 24 heavy (non-hydrogen) atoms. The molecule has 0 aliphatic carbocycles. The Hall–Kier alpha value is -2.93. The van der Waals surface area contributed by atoms with Crippen LogP contribution >= 0.6 is 11.6 Å². The summed E-state index contributed by atoms with van der Waals surface area (Å²) in [6.45, 7) is 1.92. The molecule has 3 aromatic rings. The van der Waals surface area contributed by atoms with Gasteiger partial charge >= 0.3 is 5.69 Å². The summed E-state index contributed by atoms with van der Waals surface area (Å²) in [4.78, 5) is 24.7. The van der Waals surface area contributed by atoms with Gasteiger partial charge in [-0.15, -0.1) is 0 Å². The van der Waals surface area contributed by atoms with Crippen LogP contribution in [0.25, 0.3) is 5.69 Å². The second kappa shape index (κ2) is 7.10. The fourth-order valence-electron chi connectivity index (χ4n) is 2.18. The average molecular weight is 343 g/mol. The number of hydrogen-bond donors (Lipinski definition) is 2. The van der Waals surface area contributed by atoms with E-state index in [1.165, 1.54) is 4.57 Å². The monoisotopic (exact) mass is 342 g/mol. The van der Waals surface area contributed by atoms with Crippen LogP contribution in [-0.2, 0) is 6.42 Å². The van der Waals surface area contributed by atoms with E-state index in [9.17, 15) is 4.79 Å². The Morgan fingerprint density at radius 2 is 1.92 bits per heavy atom. The summed E-state index contributed by atoms with van der Waals surface area (Å²) in [7, 11) is 0. The van der Waals surface area contributed by atoms with Crippen LogP contribution in [0.2, 0.25) is 5.02 Å². The van der Waals surface area contributed by atoms with Crippen molar-refractivity contribution in [3.8, 4) is 5.69 Å². The van der Waals surface area contributed by atoms with Gasteiger partial charge in [0.1, 0.15) is 5.82 Å². The van der Waals surface area contributed by atoms with Crippen molar-refractivity contribution in [2.45, 2.75) is 13.3 Å². The third-order valence-electron chi connectivity index (χ3n) is 3.27. The number of anilines is 2. The normalized spacial score (nSPS) is 10.4.